The maximum absolute atomic E-state index is 12.0. The molecule has 22 heavy (non-hydrogen) atoms. The zero-order valence-corrected chi connectivity index (χ0v) is 13.9. The van der Waals surface area contributed by atoms with Crippen LogP contribution in [0.4, 0.5) is 4.79 Å². The van der Waals surface area contributed by atoms with Crippen LogP contribution < -0.4 is 4.74 Å². The lowest BCUT2D eigenvalue weighted by Gasteiger charge is -2.47. The summed E-state index contributed by atoms with van der Waals surface area (Å²) in [6.45, 7) is 9.76. The van der Waals surface area contributed by atoms with Crippen LogP contribution in [-0.4, -0.2) is 40.9 Å². The van der Waals surface area contributed by atoms with Crippen LogP contribution in [-0.2, 0) is 10.3 Å². The van der Waals surface area contributed by atoms with Gasteiger partial charge in [0.25, 0.3) is 0 Å². The predicted molar refractivity (Wildman–Crippen MR) is 83.9 cm³/mol. The van der Waals surface area contributed by atoms with Crippen molar-refractivity contribution in [1.82, 2.24) is 4.90 Å². The van der Waals surface area contributed by atoms with Crippen molar-refractivity contribution in [1.29, 1.82) is 0 Å². The molecule has 0 radical (unpaired) electrons. The van der Waals surface area contributed by atoms with Gasteiger partial charge in [-0.2, -0.15) is 0 Å². The van der Waals surface area contributed by atoms with E-state index in [-0.39, 0.29) is 19.2 Å². The number of amides is 1. The largest absolute Gasteiger partial charge is 0.491 e. The molecule has 1 aromatic rings. The molecule has 5 heteroatoms. The standard InChI is InChI=1S/C17H25NO4/c1-12(2)21-14-9-7-6-8-13(14)17(20)10-18(11-17)15(19)22-16(3,4)5/h6-9,12,20H,10-11H2,1-5H3. The van der Waals surface area contributed by atoms with Crippen molar-refractivity contribution in [3.8, 4) is 5.75 Å². The second-order valence-electron chi connectivity index (χ2n) is 7.03. The highest BCUT2D eigenvalue weighted by Crippen LogP contribution is 2.38. The van der Waals surface area contributed by atoms with Crippen molar-refractivity contribution >= 4 is 6.09 Å². The van der Waals surface area contributed by atoms with E-state index >= 15 is 0 Å². The van der Waals surface area contributed by atoms with Crippen LogP contribution in [0.2, 0.25) is 0 Å². The van der Waals surface area contributed by atoms with Gasteiger partial charge in [0.2, 0.25) is 0 Å². The summed E-state index contributed by atoms with van der Waals surface area (Å²) in [5.74, 6) is 0.656. The summed E-state index contributed by atoms with van der Waals surface area (Å²) in [7, 11) is 0. The van der Waals surface area contributed by atoms with E-state index in [0.717, 1.165) is 0 Å². The van der Waals surface area contributed by atoms with Crippen molar-refractivity contribution < 1.29 is 19.4 Å². The van der Waals surface area contributed by atoms with E-state index < -0.39 is 17.3 Å². The summed E-state index contributed by atoms with van der Waals surface area (Å²) >= 11 is 0. The highest BCUT2D eigenvalue weighted by atomic mass is 16.6. The van der Waals surface area contributed by atoms with Gasteiger partial charge in [0.15, 0.2) is 0 Å². The number of carbonyl (C=O) groups is 1. The fourth-order valence-electron chi connectivity index (χ4n) is 2.42. The Bertz CT molecular complexity index is 542. The SMILES string of the molecule is CC(C)Oc1ccccc1C1(O)CN(C(=O)OC(C)(C)C)C1. The molecule has 0 spiro atoms. The van der Waals surface area contributed by atoms with Gasteiger partial charge in [-0.3, -0.25) is 0 Å². The van der Waals surface area contributed by atoms with Crippen LogP contribution in [0.5, 0.6) is 5.75 Å². The van der Waals surface area contributed by atoms with Crippen LogP contribution in [0.1, 0.15) is 40.2 Å². The second-order valence-corrected chi connectivity index (χ2v) is 7.03. The van der Waals surface area contributed by atoms with Gasteiger partial charge in [-0.25, -0.2) is 4.79 Å². The number of rotatable bonds is 3. The first-order chi connectivity index (χ1) is 10.1. The summed E-state index contributed by atoms with van der Waals surface area (Å²) in [6, 6.07) is 7.40. The Hall–Kier alpha value is -1.75. The summed E-state index contributed by atoms with van der Waals surface area (Å²) < 4.78 is 11.1. The summed E-state index contributed by atoms with van der Waals surface area (Å²) in [5, 5.41) is 10.8. The molecule has 122 valence electrons. The van der Waals surface area contributed by atoms with Crippen LogP contribution in [0.15, 0.2) is 24.3 Å². The normalized spacial score (nSPS) is 17.1. The lowest BCUT2D eigenvalue weighted by Crippen LogP contribution is -2.62. The number of para-hydroxylation sites is 1. The minimum Gasteiger partial charge on any atom is -0.491 e. The molecule has 1 N–H and O–H groups in total. The molecule has 0 aliphatic carbocycles. The lowest BCUT2D eigenvalue weighted by molar-refractivity contribution is -0.104. The molecule has 1 saturated heterocycles. The average Bonchev–Trinajstić information content (AvgIpc) is 2.32. The quantitative estimate of drug-likeness (QED) is 0.933. The number of likely N-dealkylation sites (tertiary alicyclic amines) is 1. The fraction of sp³-hybridized carbons (Fsp3) is 0.588. The Labute approximate surface area is 131 Å². The number of hydrogen-bond donors (Lipinski definition) is 1. The van der Waals surface area contributed by atoms with Gasteiger partial charge in [0.05, 0.1) is 19.2 Å². The Kier molecular flexibility index (Phi) is 4.38. The zero-order chi connectivity index (χ0) is 16.5. The monoisotopic (exact) mass is 307 g/mol. The molecule has 0 unspecified atom stereocenters. The molecular formula is C17H25NO4. The van der Waals surface area contributed by atoms with Crippen molar-refractivity contribution in [2.45, 2.75) is 51.9 Å². The van der Waals surface area contributed by atoms with Crippen LogP contribution >= 0.6 is 0 Å². The van der Waals surface area contributed by atoms with E-state index in [1.54, 1.807) is 0 Å². The molecule has 1 fully saturated rings. The van der Waals surface area contributed by atoms with Gasteiger partial charge >= 0.3 is 6.09 Å². The molecular weight excluding hydrogens is 282 g/mol. The minimum absolute atomic E-state index is 0.0202. The van der Waals surface area contributed by atoms with Gasteiger partial charge < -0.3 is 19.5 Å². The Morgan fingerprint density at radius 2 is 1.86 bits per heavy atom. The van der Waals surface area contributed by atoms with Gasteiger partial charge in [-0.05, 0) is 40.7 Å². The molecule has 1 aliphatic rings. The topological polar surface area (TPSA) is 59.0 Å². The van der Waals surface area contributed by atoms with Crippen LogP contribution in [0.3, 0.4) is 0 Å². The highest BCUT2D eigenvalue weighted by Gasteiger charge is 2.47. The first-order valence-corrected chi connectivity index (χ1v) is 7.57. The number of hydrogen-bond acceptors (Lipinski definition) is 4. The van der Waals surface area contributed by atoms with E-state index in [2.05, 4.69) is 0 Å². The first-order valence-electron chi connectivity index (χ1n) is 7.57. The smallest absolute Gasteiger partial charge is 0.410 e. The van der Waals surface area contributed by atoms with E-state index in [9.17, 15) is 9.90 Å². The molecule has 1 heterocycles. The molecule has 0 saturated carbocycles. The molecule has 1 aromatic carbocycles. The predicted octanol–water partition coefficient (Wildman–Crippen LogP) is 2.91. The number of benzene rings is 1. The Morgan fingerprint density at radius 1 is 1.27 bits per heavy atom. The first kappa shape index (κ1) is 16.6. The number of β-amino-alcohol motifs (C(OH)–C–C–N with tert-alkyl or cyclic N) is 1. The minimum atomic E-state index is -1.08. The average molecular weight is 307 g/mol. The maximum atomic E-state index is 12.0. The fourth-order valence-corrected chi connectivity index (χ4v) is 2.42. The van der Waals surface area contributed by atoms with Gasteiger partial charge in [-0.1, -0.05) is 18.2 Å². The summed E-state index contributed by atoms with van der Waals surface area (Å²) in [5.41, 5.74) is -0.908. The lowest BCUT2D eigenvalue weighted by atomic mass is 9.86. The third-order valence-corrected chi connectivity index (χ3v) is 3.31. The number of nitrogens with zero attached hydrogens (tertiary/aromatic N) is 1. The number of carbonyl (C=O) groups excluding carboxylic acids is 1. The summed E-state index contributed by atoms with van der Waals surface area (Å²) in [4.78, 5) is 13.5. The van der Waals surface area contributed by atoms with E-state index in [0.29, 0.717) is 11.3 Å². The van der Waals surface area contributed by atoms with E-state index in [1.807, 2.05) is 58.9 Å². The molecule has 5 nitrogen and oxygen atoms in total. The molecule has 1 aliphatic heterocycles. The third-order valence-electron chi connectivity index (χ3n) is 3.31. The maximum Gasteiger partial charge on any atom is 0.410 e. The molecule has 1 amide bonds. The number of aliphatic hydroxyl groups is 1. The molecule has 0 aromatic heterocycles. The van der Waals surface area contributed by atoms with Gasteiger partial charge in [-0.15, -0.1) is 0 Å². The summed E-state index contributed by atoms with van der Waals surface area (Å²) in [6.07, 6.45) is -0.383. The Morgan fingerprint density at radius 3 is 2.41 bits per heavy atom. The van der Waals surface area contributed by atoms with E-state index in [1.165, 1.54) is 4.90 Å². The molecule has 2 rings (SSSR count). The van der Waals surface area contributed by atoms with Crippen molar-refractivity contribution in [3.05, 3.63) is 29.8 Å². The van der Waals surface area contributed by atoms with Crippen LogP contribution in [0.25, 0.3) is 0 Å². The second kappa shape index (κ2) is 5.80. The van der Waals surface area contributed by atoms with Crippen molar-refractivity contribution in [2.75, 3.05) is 13.1 Å². The Balaban J connectivity index is 2.08. The zero-order valence-electron chi connectivity index (χ0n) is 13.9. The van der Waals surface area contributed by atoms with E-state index in [4.69, 9.17) is 9.47 Å². The van der Waals surface area contributed by atoms with Gasteiger partial charge in [0, 0.05) is 5.56 Å². The van der Waals surface area contributed by atoms with Gasteiger partial charge in [0.1, 0.15) is 17.0 Å². The van der Waals surface area contributed by atoms with Crippen LogP contribution in [0, 0.1) is 0 Å². The molecule has 0 atom stereocenters. The van der Waals surface area contributed by atoms with Crippen molar-refractivity contribution in [3.63, 3.8) is 0 Å². The number of ether oxygens (including phenoxy) is 2. The highest BCUT2D eigenvalue weighted by molar-refractivity contribution is 5.70. The third kappa shape index (κ3) is 3.71. The molecule has 0 bridgehead atoms. The van der Waals surface area contributed by atoms with Crippen molar-refractivity contribution in [2.24, 2.45) is 0 Å².